The maximum absolute atomic E-state index is 13.0. The number of carboxylic acid groups (broad SMARTS) is 1. The van der Waals surface area contributed by atoms with E-state index >= 15 is 0 Å². The molecule has 0 aromatic heterocycles. The smallest absolute Gasteiger partial charge is 0.410 e. The van der Waals surface area contributed by atoms with Crippen molar-refractivity contribution in [3.05, 3.63) is 94.5 Å². The lowest BCUT2D eigenvalue weighted by Gasteiger charge is -2.37. The van der Waals surface area contributed by atoms with Gasteiger partial charge in [-0.2, -0.15) is 0 Å². The maximum Gasteiger partial charge on any atom is 0.410 e. The van der Waals surface area contributed by atoms with Crippen LogP contribution in [0.5, 0.6) is 5.75 Å². The first-order valence-electron chi connectivity index (χ1n) is 14.4. The number of aliphatic carboxylic acids is 1. The lowest BCUT2D eigenvalue weighted by atomic mass is 10.0. The Balaban J connectivity index is 1.15. The number of hydrogen-bond acceptors (Lipinski definition) is 5. The molecule has 0 spiro atoms. The van der Waals surface area contributed by atoms with E-state index in [1.165, 1.54) is 4.90 Å². The van der Waals surface area contributed by atoms with Crippen molar-refractivity contribution >= 4 is 23.8 Å². The second-order valence-electron chi connectivity index (χ2n) is 11.0. The average molecular weight is 572 g/mol. The molecule has 0 unspecified atom stereocenters. The summed E-state index contributed by atoms with van der Waals surface area (Å²) in [5.41, 5.74) is 5.53. The number of carboxylic acids is 1. The van der Waals surface area contributed by atoms with Crippen molar-refractivity contribution in [3.8, 4) is 5.75 Å². The number of nitrogens with zero attached hydrogens (tertiary/aromatic N) is 2. The molecule has 9 heteroatoms. The molecule has 2 N–H and O–H groups in total. The van der Waals surface area contributed by atoms with Crippen LogP contribution in [0.4, 0.5) is 15.3 Å². The molecule has 3 aromatic carbocycles. The number of ether oxygens (including phenoxy) is 2. The van der Waals surface area contributed by atoms with Gasteiger partial charge in [0.25, 0.3) is 0 Å². The SMILES string of the molecule is Cc1cc(C[C@H](OC(=O)N2CCC(N3CCc4ccccc4NC3=O)CC2)C(=O)O)cc(C)c1OCc1ccccc1. The average Bonchev–Trinajstić information content (AvgIpc) is 3.15. The van der Waals surface area contributed by atoms with Gasteiger partial charge in [-0.1, -0.05) is 60.7 Å². The molecule has 220 valence electrons. The molecular formula is C33H37N3O6. The van der Waals surface area contributed by atoms with E-state index in [0.29, 0.717) is 39.1 Å². The summed E-state index contributed by atoms with van der Waals surface area (Å²) in [7, 11) is 0. The minimum absolute atomic E-state index is 0.00722. The van der Waals surface area contributed by atoms with E-state index in [1.807, 2.05) is 85.5 Å². The summed E-state index contributed by atoms with van der Waals surface area (Å²) in [5.74, 6) is -0.435. The molecule has 2 aliphatic heterocycles. The molecule has 0 bridgehead atoms. The van der Waals surface area contributed by atoms with Crippen molar-refractivity contribution < 1.29 is 29.0 Å². The topological polar surface area (TPSA) is 108 Å². The predicted octanol–water partition coefficient (Wildman–Crippen LogP) is 5.57. The number of para-hydroxylation sites is 1. The van der Waals surface area contributed by atoms with Crippen molar-refractivity contribution in [3.63, 3.8) is 0 Å². The summed E-state index contributed by atoms with van der Waals surface area (Å²) >= 11 is 0. The summed E-state index contributed by atoms with van der Waals surface area (Å²) in [6.45, 7) is 5.66. The highest BCUT2D eigenvalue weighted by molar-refractivity contribution is 5.91. The van der Waals surface area contributed by atoms with Crippen molar-refractivity contribution in [2.24, 2.45) is 0 Å². The number of nitrogens with one attached hydrogen (secondary N) is 1. The van der Waals surface area contributed by atoms with Crippen molar-refractivity contribution in [1.29, 1.82) is 0 Å². The van der Waals surface area contributed by atoms with Gasteiger partial charge in [-0.3, -0.25) is 0 Å². The second kappa shape index (κ2) is 13.0. The lowest BCUT2D eigenvalue weighted by molar-refractivity contribution is -0.147. The molecule has 3 aromatic rings. The van der Waals surface area contributed by atoms with Crippen LogP contribution in [0.25, 0.3) is 0 Å². The number of rotatable bonds is 8. The van der Waals surface area contributed by atoms with Crippen LogP contribution in [0.15, 0.2) is 66.7 Å². The van der Waals surface area contributed by atoms with Crippen LogP contribution in [0.3, 0.4) is 0 Å². The zero-order valence-electron chi connectivity index (χ0n) is 24.0. The van der Waals surface area contributed by atoms with Gasteiger partial charge in [0.1, 0.15) is 12.4 Å². The summed E-state index contributed by atoms with van der Waals surface area (Å²) in [6, 6.07) is 21.3. The van der Waals surface area contributed by atoms with Crippen LogP contribution in [0.1, 0.15) is 40.7 Å². The standard InChI is InChI=1S/C33H37N3O6/c1-22-18-25(19-23(2)30(22)41-21-24-8-4-3-5-9-24)20-29(31(37)38)42-33(40)35-15-13-27(14-16-35)36-17-12-26-10-6-7-11-28(26)34-32(36)39/h3-11,18-19,27,29H,12-17,20-21H2,1-2H3,(H,34,39)(H,37,38)/t29-/m0/s1. The molecule has 1 atom stereocenters. The lowest BCUT2D eigenvalue weighted by Crippen LogP contribution is -2.50. The first-order valence-corrected chi connectivity index (χ1v) is 14.4. The summed E-state index contributed by atoms with van der Waals surface area (Å²) < 4.78 is 11.5. The number of anilines is 1. The van der Waals surface area contributed by atoms with Gasteiger partial charge in [-0.05, 0) is 67.0 Å². The number of piperidine rings is 1. The Hall–Kier alpha value is -4.53. The van der Waals surface area contributed by atoms with Gasteiger partial charge in [0.15, 0.2) is 0 Å². The summed E-state index contributed by atoms with van der Waals surface area (Å²) in [4.78, 5) is 41.3. The van der Waals surface area contributed by atoms with Gasteiger partial charge in [-0.15, -0.1) is 0 Å². The number of hydrogen-bond donors (Lipinski definition) is 2. The van der Waals surface area contributed by atoms with E-state index in [-0.39, 0.29) is 18.5 Å². The molecule has 0 radical (unpaired) electrons. The van der Waals surface area contributed by atoms with Crippen molar-refractivity contribution in [2.45, 2.75) is 58.3 Å². The van der Waals surface area contributed by atoms with E-state index in [1.54, 1.807) is 0 Å². The number of aryl methyl sites for hydroxylation is 2. The van der Waals surface area contributed by atoms with Crippen LogP contribution in [-0.2, 0) is 29.0 Å². The molecule has 42 heavy (non-hydrogen) atoms. The van der Waals surface area contributed by atoms with Crippen LogP contribution in [0, 0.1) is 13.8 Å². The Labute approximate surface area is 246 Å². The third-order valence-electron chi connectivity index (χ3n) is 7.99. The number of carbonyl (C=O) groups excluding carboxylic acids is 2. The first-order chi connectivity index (χ1) is 20.3. The highest BCUT2D eigenvalue weighted by Crippen LogP contribution is 2.28. The fourth-order valence-corrected chi connectivity index (χ4v) is 5.80. The molecule has 1 saturated heterocycles. The Morgan fingerprint density at radius 2 is 1.62 bits per heavy atom. The minimum Gasteiger partial charge on any atom is -0.488 e. The first kappa shape index (κ1) is 29.0. The molecule has 3 amide bonds. The number of fused-ring (bicyclic) bond motifs is 1. The number of urea groups is 1. The third-order valence-corrected chi connectivity index (χ3v) is 7.99. The summed E-state index contributed by atoms with van der Waals surface area (Å²) in [5, 5.41) is 12.9. The highest BCUT2D eigenvalue weighted by Gasteiger charge is 2.33. The van der Waals surface area contributed by atoms with Crippen LogP contribution < -0.4 is 10.1 Å². The van der Waals surface area contributed by atoms with E-state index < -0.39 is 18.2 Å². The highest BCUT2D eigenvalue weighted by atomic mass is 16.6. The summed E-state index contributed by atoms with van der Waals surface area (Å²) in [6.07, 6.45) is 0.0343. The normalized spacial score (nSPS) is 16.2. The fourth-order valence-electron chi connectivity index (χ4n) is 5.80. The van der Waals surface area contributed by atoms with Crippen LogP contribution in [0.2, 0.25) is 0 Å². The number of amides is 3. The van der Waals surface area contributed by atoms with E-state index in [2.05, 4.69) is 5.32 Å². The Kier molecular flexibility index (Phi) is 8.95. The molecule has 1 fully saturated rings. The van der Waals surface area contributed by atoms with Crippen LogP contribution in [-0.4, -0.2) is 64.8 Å². The van der Waals surface area contributed by atoms with Gasteiger partial charge in [0, 0.05) is 37.8 Å². The molecule has 0 saturated carbocycles. The Bertz CT molecular complexity index is 1410. The number of carbonyl (C=O) groups is 3. The van der Waals surface area contributed by atoms with Crippen molar-refractivity contribution in [1.82, 2.24) is 9.80 Å². The van der Waals surface area contributed by atoms with Crippen molar-refractivity contribution in [2.75, 3.05) is 25.0 Å². The zero-order chi connectivity index (χ0) is 29.6. The maximum atomic E-state index is 13.0. The molecular weight excluding hydrogens is 534 g/mol. The van der Waals surface area contributed by atoms with E-state index in [0.717, 1.165) is 45.7 Å². The largest absolute Gasteiger partial charge is 0.488 e. The fraction of sp³-hybridized carbons (Fsp3) is 0.364. The van der Waals surface area contributed by atoms with Gasteiger partial charge in [0.2, 0.25) is 6.10 Å². The molecule has 5 rings (SSSR count). The second-order valence-corrected chi connectivity index (χ2v) is 11.0. The van der Waals surface area contributed by atoms with Crippen LogP contribution >= 0.6 is 0 Å². The monoisotopic (exact) mass is 571 g/mol. The molecule has 2 aliphatic rings. The zero-order valence-corrected chi connectivity index (χ0v) is 24.0. The third kappa shape index (κ3) is 6.84. The van der Waals surface area contributed by atoms with Gasteiger partial charge in [0.05, 0.1) is 0 Å². The molecule has 2 heterocycles. The van der Waals surface area contributed by atoms with E-state index in [9.17, 15) is 19.5 Å². The van der Waals surface area contributed by atoms with E-state index in [4.69, 9.17) is 9.47 Å². The predicted molar refractivity (Wildman–Crippen MR) is 159 cm³/mol. The Morgan fingerprint density at radius 3 is 2.31 bits per heavy atom. The number of likely N-dealkylation sites (tertiary alicyclic amines) is 1. The quantitative estimate of drug-likeness (QED) is 0.366. The minimum atomic E-state index is -1.32. The molecule has 0 aliphatic carbocycles. The van der Waals surface area contributed by atoms with Gasteiger partial charge in [-0.25, -0.2) is 14.4 Å². The number of benzene rings is 3. The van der Waals surface area contributed by atoms with Gasteiger partial charge < -0.3 is 29.7 Å². The Morgan fingerprint density at radius 1 is 0.952 bits per heavy atom. The van der Waals surface area contributed by atoms with Gasteiger partial charge >= 0.3 is 18.1 Å². The molecule has 9 nitrogen and oxygen atoms in total.